The lowest BCUT2D eigenvalue weighted by Gasteiger charge is -2.37. The summed E-state index contributed by atoms with van der Waals surface area (Å²) >= 11 is 0. The largest absolute Gasteiger partial charge is 0.477 e. The summed E-state index contributed by atoms with van der Waals surface area (Å²) in [7, 11) is 3.71. The molecule has 0 aliphatic carbocycles. The van der Waals surface area contributed by atoms with Crippen LogP contribution in [0.1, 0.15) is 10.4 Å². The molecule has 2 aliphatic heterocycles. The first-order valence-corrected chi connectivity index (χ1v) is 8.31. The molecule has 0 saturated carbocycles. The molecule has 8 nitrogen and oxygen atoms in total. The van der Waals surface area contributed by atoms with Gasteiger partial charge in [0, 0.05) is 39.4 Å². The van der Waals surface area contributed by atoms with E-state index in [0.717, 1.165) is 19.2 Å². The number of ether oxygens (including phenoxy) is 1. The number of hydrogen-bond acceptors (Lipinski definition) is 6. The van der Waals surface area contributed by atoms with E-state index in [1.807, 2.05) is 11.9 Å². The van der Waals surface area contributed by atoms with Crippen molar-refractivity contribution in [2.24, 2.45) is 0 Å². The minimum atomic E-state index is -1.34. The van der Waals surface area contributed by atoms with Gasteiger partial charge in [-0.3, -0.25) is 14.5 Å². The maximum Gasteiger partial charge on any atom is 0.341 e. The smallest absolute Gasteiger partial charge is 0.341 e. The predicted molar refractivity (Wildman–Crippen MR) is 102 cm³/mol. The third kappa shape index (κ3) is 2.96. The van der Waals surface area contributed by atoms with Crippen LogP contribution in [0.25, 0.3) is 10.9 Å². The summed E-state index contributed by atoms with van der Waals surface area (Å²) in [6, 6.07) is 1.13. The van der Waals surface area contributed by atoms with Crippen molar-refractivity contribution in [3.05, 3.63) is 33.9 Å². The standard InChI is InChI=1S/C17H19FN4O4.ClH/c1-19-3-5-21(6-4-19)14-12(18)7-10-13-16(14)26-9-20(2)22(13)8-11(15(10)23)17(24)25;/h7-8H,3-6,9H2,1-2H3,(H,24,25);1H. The van der Waals surface area contributed by atoms with Gasteiger partial charge in [-0.25, -0.2) is 9.18 Å². The lowest BCUT2D eigenvalue weighted by Crippen LogP contribution is -2.46. The number of benzene rings is 1. The van der Waals surface area contributed by atoms with Crippen LogP contribution in [0.3, 0.4) is 0 Å². The first-order valence-electron chi connectivity index (χ1n) is 8.31. The number of halogens is 2. The number of piperazine rings is 1. The maximum atomic E-state index is 15.0. The summed E-state index contributed by atoms with van der Waals surface area (Å²) in [5, 5.41) is 10.9. The Morgan fingerprint density at radius 1 is 1.22 bits per heavy atom. The van der Waals surface area contributed by atoms with Crippen molar-refractivity contribution in [3.63, 3.8) is 0 Å². The van der Waals surface area contributed by atoms with Crippen molar-refractivity contribution in [3.8, 4) is 5.75 Å². The SMILES string of the molecule is CN1CCN(c2c(F)cc3c(=O)c(C(=O)O)cn4c3c2OCN4C)CC1.Cl. The Kier molecular flexibility index (Phi) is 4.92. The highest BCUT2D eigenvalue weighted by molar-refractivity contribution is 5.97. The van der Waals surface area contributed by atoms with E-state index in [9.17, 15) is 19.1 Å². The second kappa shape index (κ2) is 6.90. The van der Waals surface area contributed by atoms with E-state index in [1.54, 1.807) is 16.7 Å². The molecule has 0 spiro atoms. The first kappa shape index (κ1) is 19.2. The van der Waals surface area contributed by atoms with Crippen LogP contribution < -0.4 is 20.1 Å². The highest BCUT2D eigenvalue weighted by Gasteiger charge is 2.30. The zero-order valence-corrected chi connectivity index (χ0v) is 15.8. The minimum absolute atomic E-state index is 0. The van der Waals surface area contributed by atoms with Crippen LogP contribution in [0.5, 0.6) is 5.75 Å². The first-order chi connectivity index (χ1) is 12.4. The average molecular weight is 399 g/mol. The van der Waals surface area contributed by atoms with Gasteiger partial charge in [-0.2, -0.15) is 0 Å². The number of nitrogens with zero attached hydrogens (tertiary/aromatic N) is 4. The van der Waals surface area contributed by atoms with Gasteiger partial charge in [0.25, 0.3) is 0 Å². The Hall–Kier alpha value is -2.52. The Labute approximate surface area is 160 Å². The lowest BCUT2D eigenvalue weighted by molar-refractivity contribution is 0.0694. The van der Waals surface area contributed by atoms with Gasteiger partial charge in [0.05, 0.1) is 5.39 Å². The van der Waals surface area contributed by atoms with Gasteiger partial charge in [-0.1, -0.05) is 0 Å². The third-order valence-electron chi connectivity index (χ3n) is 4.97. The molecule has 2 aromatic rings. The third-order valence-corrected chi connectivity index (χ3v) is 4.97. The molecule has 27 heavy (non-hydrogen) atoms. The molecule has 0 radical (unpaired) electrons. The molecule has 1 saturated heterocycles. The monoisotopic (exact) mass is 398 g/mol. The van der Waals surface area contributed by atoms with Crippen LogP contribution in [0.4, 0.5) is 10.1 Å². The van der Waals surface area contributed by atoms with Gasteiger partial charge >= 0.3 is 5.97 Å². The van der Waals surface area contributed by atoms with Crippen LogP contribution in [-0.4, -0.2) is 67.7 Å². The van der Waals surface area contributed by atoms with Gasteiger partial charge in [-0.15, -0.1) is 12.4 Å². The van der Waals surface area contributed by atoms with Crippen molar-refractivity contribution in [1.29, 1.82) is 0 Å². The molecular weight excluding hydrogens is 379 g/mol. The zero-order valence-electron chi connectivity index (χ0n) is 14.9. The number of hydrogen-bond donors (Lipinski definition) is 1. The van der Waals surface area contributed by atoms with Gasteiger partial charge in [0.2, 0.25) is 5.43 Å². The summed E-state index contributed by atoms with van der Waals surface area (Å²) in [6.07, 6.45) is 1.27. The molecule has 0 unspecified atom stereocenters. The van der Waals surface area contributed by atoms with Crippen molar-refractivity contribution < 1.29 is 19.0 Å². The van der Waals surface area contributed by atoms with E-state index in [2.05, 4.69) is 4.90 Å². The molecule has 146 valence electrons. The maximum absolute atomic E-state index is 15.0. The van der Waals surface area contributed by atoms with E-state index in [4.69, 9.17) is 4.74 Å². The summed E-state index contributed by atoms with van der Waals surface area (Å²) in [5.41, 5.74) is -0.393. The molecule has 0 amide bonds. The molecular formula is C17H20ClFN4O4. The number of rotatable bonds is 2. The van der Waals surface area contributed by atoms with Gasteiger partial charge < -0.3 is 19.6 Å². The topological polar surface area (TPSA) is 78.2 Å². The number of carboxylic acid groups (broad SMARTS) is 1. The Morgan fingerprint density at radius 2 is 1.89 bits per heavy atom. The van der Waals surface area contributed by atoms with Crippen LogP contribution in [0.2, 0.25) is 0 Å². The number of aromatic nitrogens is 1. The Bertz CT molecular complexity index is 972. The quantitative estimate of drug-likeness (QED) is 0.806. The van der Waals surface area contributed by atoms with Crippen LogP contribution in [0, 0.1) is 5.82 Å². The number of likely N-dealkylation sites (N-methyl/N-ethyl adjacent to an activating group) is 1. The molecule has 1 fully saturated rings. The number of pyridine rings is 1. The van der Waals surface area contributed by atoms with Crippen molar-refractivity contribution in [2.45, 2.75) is 0 Å². The second-order valence-corrected chi connectivity index (χ2v) is 6.68. The van der Waals surface area contributed by atoms with E-state index < -0.39 is 22.8 Å². The summed E-state index contributed by atoms with van der Waals surface area (Å²) in [4.78, 5) is 28.0. The Morgan fingerprint density at radius 3 is 2.52 bits per heavy atom. The zero-order chi connectivity index (χ0) is 18.6. The summed E-state index contributed by atoms with van der Waals surface area (Å²) in [5.74, 6) is -1.63. The van der Waals surface area contributed by atoms with E-state index in [-0.39, 0.29) is 30.3 Å². The highest BCUT2D eigenvalue weighted by Crippen LogP contribution is 2.40. The fraction of sp³-hybridized carbons (Fsp3) is 0.412. The molecule has 0 atom stereocenters. The van der Waals surface area contributed by atoms with Gasteiger partial charge in [0.15, 0.2) is 18.3 Å². The number of carbonyl (C=O) groups is 1. The van der Waals surface area contributed by atoms with Crippen molar-refractivity contribution in [1.82, 2.24) is 9.58 Å². The molecule has 10 heteroatoms. The van der Waals surface area contributed by atoms with Gasteiger partial charge in [-0.05, 0) is 13.1 Å². The fourth-order valence-corrected chi connectivity index (χ4v) is 3.50. The molecule has 3 heterocycles. The second-order valence-electron chi connectivity index (χ2n) is 6.68. The summed E-state index contributed by atoms with van der Waals surface area (Å²) < 4.78 is 22.3. The van der Waals surface area contributed by atoms with Crippen LogP contribution >= 0.6 is 12.4 Å². The highest BCUT2D eigenvalue weighted by atomic mass is 35.5. The lowest BCUT2D eigenvalue weighted by atomic mass is 10.1. The molecule has 2 aliphatic rings. The predicted octanol–water partition coefficient (Wildman–Crippen LogP) is 0.930. The van der Waals surface area contributed by atoms with Crippen molar-refractivity contribution >= 4 is 35.0 Å². The van der Waals surface area contributed by atoms with E-state index in [0.29, 0.717) is 24.3 Å². The molecule has 4 rings (SSSR count). The number of aromatic carboxylic acids is 1. The van der Waals surface area contributed by atoms with Crippen LogP contribution in [-0.2, 0) is 0 Å². The van der Waals surface area contributed by atoms with E-state index in [1.165, 1.54) is 6.20 Å². The molecule has 1 N–H and O–H groups in total. The number of carboxylic acids is 1. The average Bonchev–Trinajstić information content (AvgIpc) is 2.60. The number of anilines is 1. The van der Waals surface area contributed by atoms with E-state index >= 15 is 0 Å². The molecule has 0 bridgehead atoms. The van der Waals surface area contributed by atoms with Gasteiger partial charge in [0.1, 0.15) is 16.8 Å². The summed E-state index contributed by atoms with van der Waals surface area (Å²) in [6.45, 7) is 2.99. The minimum Gasteiger partial charge on any atom is -0.477 e. The fourth-order valence-electron chi connectivity index (χ4n) is 3.50. The Balaban J connectivity index is 0.00000210. The molecule has 1 aromatic carbocycles. The normalized spacial score (nSPS) is 16.9. The van der Waals surface area contributed by atoms with Crippen LogP contribution in [0.15, 0.2) is 17.1 Å². The molecule has 1 aromatic heterocycles. The van der Waals surface area contributed by atoms with Crippen molar-refractivity contribution in [2.75, 3.05) is 56.9 Å².